The summed E-state index contributed by atoms with van der Waals surface area (Å²) in [7, 11) is 1.84. The minimum atomic E-state index is -0.191. The van der Waals surface area contributed by atoms with E-state index in [1.807, 2.05) is 13.2 Å². The van der Waals surface area contributed by atoms with Gasteiger partial charge in [-0.05, 0) is 48.4 Å². The number of hydrogen-bond donors (Lipinski definition) is 2. The topological polar surface area (TPSA) is 43.4 Å². The summed E-state index contributed by atoms with van der Waals surface area (Å²) >= 11 is 0. The van der Waals surface area contributed by atoms with Gasteiger partial charge >= 0.3 is 0 Å². The zero-order chi connectivity index (χ0) is 17.1. The Hall–Kier alpha value is -2.04. The van der Waals surface area contributed by atoms with Crippen molar-refractivity contribution < 1.29 is 4.39 Å². The van der Waals surface area contributed by atoms with E-state index in [2.05, 4.69) is 34.0 Å². The maximum absolute atomic E-state index is 13.5. The van der Waals surface area contributed by atoms with Gasteiger partial charge in [-0.2, -0.15) is 0 Å². The van der Waals surface area contributed by atoms with Gasteiger partial charge in [0.1, 0.15) is 5.82 Å². The van der Waals surface area contributed by atoms with Crippen LogP contribution in [0.2, 0.25) is 0 Å². The monoisotopic (exact) mass is 330 g/mol. The van der Waals surface area contributed by atoms with Crippen molar-refractivity contribution in [3.8, 4) is 0 Å². The average Bonchev–Trinajstić information content (AvgIpc) is 2.93. The first-order valence-electron chi connectivity index (χ1n) is 8.78. The van der Waals surface area contributed by atoms with E-state index in [0.717, 1.165) is 48.5 Å². The van der Waals surface area contributed by atoms with Crippen LogP contribution in [-0.4, -0.2) is 42.5 Å². The van der Waals surface area contributed by atoms with Crippen LogP contribution in [0.5, 0.6) is 0 Å². The Morgan fingerprint density at radius 2 is 2.08 bits per heavy atom. The van der Waals surface area contributed by atoms with Gasteiger partial charge in [0.2, 0.25) is 0 Å². The molecule has 3 rings (SSSR count). The number of nitrogens with zero attached hydrogens (tertiary/aromatic N) is 2. The number of rotatable bonds is 3. The van der Waals surface area contributed by atoms with Gasteiger partial charge in [-0.25, -0.2) is 4.39 Å². The zero-order valence-corrected chi connectivity index (χ0v) is 14.8. The third-order valence-corrected chi connectivity index (χ3v) is 4.79. The number of halogens is 1. The van der Waals surface area contributed by atoms with Crippen molar-refractivity contribution in [1.82, 2.24) is 15.2 Å². The largest absolute Gasteiger partial charge is 0.361 e. The molecule has 2 N–H and O–H groups in total. The van der Waals surface area contributed by atoms with Crippen molar-refractivity contribution in [3.05, 3.63) is 35.8 Å². The van der Waals surface area contributed by atoms with Crippen molar-refractivity contribution in [1.29, 1.82) is 0 Å². The minimum absolute atomic E-state index is 0.191. The fourth-order valence-corrected chi connectivity index (χ4v) is 3.83. The Balaban J connectivity index is 1.61. The van der Waals surface area contributed by atoms with Crippen molar-refractivity contribution in [2.24, 2.45) is 16.8 Å². The molecule has 1 aliphatic rings. The van der Waals surface area contributed by atoms with Gasteiger partial charge in [0.25, 0.3) is 0 Å². The van der Waals surface area contributed by atoms with Crippen LogP contribution in [0.4, 0.5) is 4.39 Å². The molecule has 0 radical (unpaired) electrons. The Labute approximate surface area is 143 Å². The van der Waals surface area contributed by atoms with Gasteiger partial charge in [0.05, 0.1) is 0 Å². The Kier molecular flexibility index (Phi) is 5.07. The summed E-state index contributed by atoms with van der Waals surface area (Å²) in [4.78, 5) is 10.0. The van der Waals surface area contributed by atoms with Crippen LogP contribution < -0.4 is 5.32 Å². The summed E-state index contributed by atoms with van der Waals surface area (Å²) in [5.41, 5.74) is 2.11. The molecule has 2 aromatic rings. The summed E-state index contributed by atoms with van der Waals surface area (Å²) < 4.78 is 13.5. The molecule has 0 spiro atoms. The molecule has 2 atom stereocenters. The summed E-state index contributed by atoms with van der Waals surface area (Å²) in [6.07, 6.45) is 4.09. The third-order valence-electron chi connectivity index (χ3n) is 4.79. The van der Waals surface area contributed by atoms with Crippen LogP contribution in [0.25, 0.3) is 10.9 Å². The first-order valence-corrected chi connectivity index (χ1v) is 8.78. The van der Waals surface area contributed by atoms with E-state index < -0.39 is 0 Å². The molecule has 24 heavy (non-hydrogen) atoms. The number of piperidine rings is 1. The Morgan fingerprint density at radius 3 is 2.79 bits per heavy atom. The standard InChI is InChI=1S/C19H27FN4/c1-13-8-14(2)12-24(11-13)19(21-3)22-7-6-15-10-23-18-5-4-16(20)9-17(15)18/h4-5,9-10,13-14,23H,6-8,11-12H2,1-3H3,(H,21,22). The molecule has 1 aromatic heterocycles. The molecule has 0 bridgehead atoms. The van der Waals surface area contributed by atoms with Gasteiger partial charge < -0.3 is 15.2 Å². The molecule has 1 saturated heterocycles. The van der Waals surface area contributed by atoms with E-state index in [9.17, 15) is 4.39 Å². The average molecular weight is 330 g/mol. The smallest absolute Gasteiger partial charge is 0.193 e. The number of fused-ring (bicyclic) bond motifs is 1. The van der Waals surface area contributed by atoms with Crippen molar-refractivity contribution in [2.75, 3.05) is 26.7 Å². The molecule has 0 saturated carbocycles. The molecule has 1 fully saturated rings. The summed E-state index contributed by atoms with van der Waals surface area (Å²) in [5, 5.41) is 4.43. The molecule has 0 aliphatic carbocycles. The van der Waals surface area contributed by atoms with Gasteiger partial charge in [-0.1, -0.05) is 13.8 Å². The maximum atomic E-state index is 13.5. The van der Waals surface area contributed by atoms with Gasteiger partial charge in [0, 0.05) is 43.8 Å². The molecular formula is C19H27FN4. The highest BCUT2D eigenvalue weighted by Gasteiger charge is 2.23. The molecule has 2 heterocycles. The highest BCUT2D eigenvalue weighted by atomic mass is 19.1. The van der Waals surface area contributed by atoms with Crippen molar-refractivity contribution in [3.63, 3.8) is 0 Å². The predicted octanol–water partition coefficient (Wildman–Crippen LogP) is 3.40. The second-order valence-electron chi connectivity index (χ2n) is 7.08. The summed E-state index contributed by atoms with van der Waals surface area (Å²) in [5.74, 6) is 2.18. The molecule has 1 aromatic carbocycles. The lowest BCUT2D eigenvalue weighted by atomic mass is 9.92. The number of aliphatic imine (C=N–C) groups is 1. The molecule has 0 amide bonds. The van der Waals surface area contributed by atoms with Crippen LogP contribution in [0.3, 0.4) is 0 Å². The van der Waals surface area contributed by atoms with Crippen LogP contribution in [0.1, 0.15) is 25.8 Å². The van der Waals surface area contributed by atoms with Gasteiger partial charge in [0.15, 0.2) is 5.96 Å². The fourth-order valence-electron chi connectivity index (χ4n) is 3.83. The summed E-state index contributed by atoms with van der Waals surface area (Å²) in [6, 6.07) is 4.88. The van der Waals surface area contributed by atoms with E-state index in [1.165, 1.54) is 12.5 Å². The van der Waals surface area contributed by atoms with Crippen LogP contribution in [0, 0.1) is 17.7 Å². The van der Waals surface area contributed by atoms with E-state index in [1.54, 1.807) is 12.1 Å². The number of likely N-dealkylation sites (tertiary alicyclic amines) is 1. The van der Waals surface area contributed by atoms with Crippen molar-refractivity contribution in [2.45, 2.75) is 26.7 Å². The molecule has 130 valence electrons. The lowest BCUT2D eigenvalue weighted by Gasteiger charge is -2.37. The predicted molar refractivity (Wildman–Crippen MR) is 97.8 cm³/mol. The Morgan fingerprint density at radius 1 is 1.33 bits per heavy atom. The van der Waals surface area contributed by atoms with E-state index in [4.69, 9.17) is 0 Å². The molecule has 4 nitrogen and oxygen atoms in total. The number of benzene rings is 1. The molecule has 5 heteroatoms. The Bertz CT molecular complexity index is 711. The quantitative estimate of drug-likeness (QED) is 0.669. The number of guanidine groups is 1. The first-order chi connectivity index (χ1) is 11.6. The SMILES string of the molecule is CN=C(NCCc1c[nH]c2ccc(F)cc12)N1CC(C)CC(C)C1. The molecular weight excluding hydrogens is 303 g/mol. The number of hydrogen-bond acceptors (Lipinski definition) is 1. The number of aromatic nitrogens is 1. The second-order valence-corrected chi connectivity index (χ2v) is 7.08. The number of nitrogens with one attached hydrogen (secondary N) is 2. The third kappa shape index (κ3) is 3.71. The van der Waals surface area contributed by atoms with Gasteiger partial charge in [-0.3, -0.25) is 4.99 Å². The first kappa shape index (κ1) is 16.8. The summed E-state index contributed by atoms with van der Waals surface area (Å²) in [6.45, 7) is 7.51. The normalized spacial score (nSPS) is 22.2. The molecule has 2 unspecified atom stereocenters. The highest BCUT2D eigenvalue weighted by molar-refractivity contribution is 5.83. The zero-order valence-electron chi connectivity index (χ0n) is 14.8. The molecule has 1 aliphatic heterocycles. The van der Waals surface area contributed by atoms with Crippen LogP contribution in [-0.2, 0) is 6.42 Å². The van der Waals surface area contributed by atoms with Crippen molar-refractivity contribution >= 4 is 16.9 Å². The maximum Gasteiger partial charge on any atom is 0.193 e. The highest BCUT2D eigenvalue weighted by Crippen LogP contribution is 2.21. The van der Waals surface area contributed by atoms with E-state index >= 15 is 0 Å². The number of H-pyrrole nitrogens is 1. The number of aromatic amines is 1. The van der Waals surface area contributed by atoms with E-state index in [-0.39, 0.29) is 5.82 Å². The lowest BCUT2D eigenvalue weighted by molar-refractivity contribution is 0.208. The minimum Gasteiger partial charge on any atom is -0.361 e. The van der Waals surface area contributed by atoms with Crippen LogP contribution in [0.15, 0.2) is 29.4 Å². The second kappa shape index (κ2) is 7.24. The van der Waals surface area contributed by atoms with Gasteiger partial charge in [-0.15, -0.1) is 0 Å². The van der Waals surface area contributed by atoms with Crippen LogP contribution >= 0.6 is 0 Å². The van der Waals surface area contributed by atoms with E-state index in [0.29, 0.717) is 11.8 Å². The fraction of sp³-hybridized carbons (Fsp3) is 0.526. The lowest BCUT2D eigenvalue weighted by Crippen LogP contribution is -2.48.